The Hall–Kier alpha value is 0.0300. The van der Waals surface area contributed by atoms with Gasteiger partial charge in [0.2, 0.25) is 0 Å². The first-order valence-corrected chi connectivity index (χ1v) is 7.26. The van der Waals surface area contributed by atoms with Crippen molar-refractivity contribution in [3.05, 3.63) is 22.7 Å². The Bertz CT molecular complexity index is 478. The van der Waals surface area contributed by atoms with Crippen LogP contribution in [0.3, 0.4) is 0 Å². The third-order valence-corrected chi connectivity index (χ3v) is 6.36. The smallest absolute Gasteiger partial charge is 0.195 e. The van der Waals surface area contributed by atoms with Gasteiger partial charge in [-0.1, -0.05) is 34.2 Å². The molecule has 90 valence electrons. The van der Waals surface area contributed by atoms with Gasteiger partial charge in [0.1, 0.15) is 4.32 Å². The molecule has 2 bridgehead atoms. The van der Waals surface area contributed by atoms with Gasteiger partial charge in [0, 0.05) is 17.8 Å². The average molecular weight is 362 g/mol. The van der Waals surface area contributed by atoms with E-state index in [1.807, 2.05) is 6.08 Å². The maximum atomic E-state index is 12.2. The van der Waals surface area contributed by atoms with Crippen molar-refractivity contribution in [3.8, 4) is 0 Å². The number of halogens is 2. The summed E-state index contributed by atoms with van der Waals surface area (Å²) in [7, 11) is 0. The largest absolute Gasteiger partial charge is 0.345 e. The third kappa shape index (κ3) is 1.01. The molecular formula is C12H10Br2O3. The minimum atomic E-state index is -0.664. The molecule has 0 N–H and O–H groups in total. The van der Waals surface area contributed by atoms with Gasteiger partial charge in [-0.25, -0.2) is 0 Å². The fourth-order valence-corrected chi connectivity index (χ4v) is 5.33. The Kier molecular flexibility index (Phi) is 2.01. The van der Waals surface area contributed by atoms with Crippen LogP contribution in [0.2, 0.25) is 0 Å². The van der Waals surface area contributed by atoms with Crippen molar-refractivity contribution in [2.45, 2.75) is 10.1 Å². The number of fused-ring (bicyclic) bond motifs is 3. The van der Waals surface area contributed by atoms with Gasteiger partial charge in [0.15, 0.2) is 11.6 Å². The summed E-state index contributed by atoms with van der Waals surface area (Å²) in [5.74, 6) is -0.399. The summed E-state index contributed by atoms with van der Waals surface area (Å²) < 4.78 is 12.1. The number of ketones is 1. The zero-order valence-corrected chi connectivity index (χ0v) is 12.0. The van der Waals surface area contributed by atoms with Crippen molar-refractivity contribution in [2.75, 3.05) is 13.2 Å². The Morgan fingerprint density at radius 3 is 2.65 bits per heavy atom. The van der Waals surface area contributed by atoms with Gasteiger partial charge in [0.05, 0.1) is 17.7 Å². The van der Waals surface area contributed by atoms with Gasteiger partial charge >= 0.3 is 0 Å². The van der Waals surface area contributed by atoms with Gasteiger partial charge in [-0.05, 0) is 15.9 Å². The van der Waals surface area contributed by atoms with E-state index >= 15 is 0 Å². The first kappa shape index (κ1) is 10.9. The number of rotatable bonds is 0. The van der Waals surface area contributed by atoms with E-state index in [0.717, 1.165) is 0 Å². The molecule has 1 saturated heterocycles. The fourth-order valence-electron chi connectivity index (χ4n) is 3.72. The molecule has 1 spiro atoms. The molecular weight excluding hydrogens is 352 g/mol. The molecule has 0 aromatic carbocycles. The molecule has 4 aliphatic rings. The van der Waals surface area contributed by atoms with Crippen molar-refractivity contribution in [1.82, 2.24) is 0 Å². The molecule has 17 heavy (non-hydrogen) atoms. The lowest BCUT2D eigenvalue weighted by atomic mass is 9.85. The highest BCUT2D eigenvalue weighted by Gasteiger charge is 2.75. The van der Waals surface area contributed by atoms with Gasteiger partial charge in [-0.3, -0.25) is 4.79 Å². The second kappa shape index (κ2) is 3.13. The minimum absolute atomic E-state index is 0.0215. The zero-order valence-electron chi connectivity index (χ0n) is 8.86. The normalized spacial score (nSPS) is 49.2. The number of carbonyl (C=O) groups is 1. The number of hydrogen-bond acceptors (Lipinski definition) is 3. The van der Waals surface area contributed by atoms with E-state index in [9.17, 15) is 4.79 Å². The molecule has 0 radical (unpaired) electrons. The highest BCUT2D eigenvalue weighted by Crippen LogP contribution is 2.67. The molecule has 3 nitrogen and oxygen atoms in total. The van der Waals surface area contributed by atoms with Gasteiger partial charge < -0.3 is 9.47 Å². The summed E-state index contributed by atoms with van der Waals surface area (Å²) in [6, 6.07) is 0. The number of Topliss-reactive ketones (excluding diaryl/α,β-unsaturated/α-hetero) is 1. The standard InChI is InChI=1S/C12H10Br2O3/c13-8-5-7-9(10(8)15)6-1-2-11(7,14)12(6)16-3-4-17-12/h1-2,5-7,9H,3-4H2/t6-,7+,9-,11+/m1/s1. The zero-order chi connectivity index (χ0) is 11.8. The summed E-state index contributed by atoms with van der Waals surface area (Å²) in [4.78, 5) is 12.2. The highest BCUT2D eigenvalue weighted by atomic mass is 79.9. The predicted octanol–water partition coefficient (Wildman–Crippen LogP) is 2.16. The van der Waals surface area contributed by atoms with Gasteiger partial charge in [-0.2, -0.15) is 0 Å². The van der Waals surface area contributed by atoms with Crippen molar-refractivity contribution < 1.29 is 14.3 Å². The monoisotopic (exact) mass is 360 g/mol. The SMILES string of the molecule is O=C1C(Br)=C[C@H]2[C@H]1[C@H]1C=C[C@@]2(Br)C12OCCO2. The van der Waals surface area contributed by atoms with Gasteiger partial charge in [0.25, 0.3) is 0 Å². The van der Waals surface area contributed by atoms with Crippen LogP contribution in [0.15, 0.2) is 22.7 Å². The van der Waals surface area contributed by atoms with E-state index < -0.39 is 10.1 Å². The third-order valence-electron chi connectivity index (χ3n) is 4.36. The quantitative estimate of drug-likeness (QED) is 0.490. The Balaban J connectivity index is 1.89. The fraction of sp³-hybridized carbons (Fsp3) is 0.583. The van der Waals surface area contributed by atoms with Crippen LogP contribution in [-0.4, -0.2) is 29.1 Å². The number of carbonyl (C=O) groups excluding carboxylic acids is 1. The molecule has 0 aromatic heterocycles. The van der Waals surface area contributed by atoms with Crippen molar-refractivity contribution in [3.63, 3.8) is 0 Å². The molecule has 0 aromatic rings. The Labute approximate surface area is 115 Å². The number of hydrogen-bond donors (Lipinski definition) is 0. The molecule has 0 unspecified atom stereocenters. The van der Waals surface area contributed by atoms with E-state index in [2.05, 4.69) is 44.0 Å². The lowest BCUT2D eigenvalue weighted by Gasteiger charge is -2.35. The second-order valence-corrected chi connectivity index (χ2v) is 7.11. The van der Waals surface area contributed by atoms with Crippen molar-refractivity contribution in [2.24, 2.45) is 17.8 Å². The van der Waals surface area contributed by atoms with E-state index in [1.165, 1.54) is 0 Å². The molecule has 1 aliphatic heterocycles. The van der Waals surface area contributed by atoms with Crippen LogP contribution in [0.4, 0.5) is 0 Å². The topological polar surface area (TPSA) is 35.5 Å². The van der Waals surface area contributed by atoms with Crippen LogP contribution < -0.4 is 0 Å². The number of allylic oxidation sites excluding steroid dienone is 2. The van der Waals surface area contributed by atoms with E-state index in [4.69, 9.17) is 9.47 Å². The van der Waals surface area contributed by atoms with E-state index in [0.29, 0.717) is 17.7 Å². The van der Waals surface area contributed by atoms with Crippen molar-refractivity contribution in [1.29, 1.82) is 0 Å². The molecule has 1 saturated carbocycles. The lowest BCUT2D eigenvalue weighted by molar-refractivity contribution is -0.177. The summed E-state index contributed by atoms with van der Waals surface area (Å²) in [6.07, 6.45) is 6.16. The molecule has 2 fully saturated rings. The number of alkyl halides is 1. The van der Waals surface area contributed by atoms with Gasteiger partial charge in [-0.15, -0.1) is 0 Å². The van der Waals surface area contributed by atoms with Crippen LogP contribution in [0.1, 0.15) is 0 Å². The van der Waals surface area contributed by atoms with Crippen LogP contribution in [0.5, 0.6) is 0 Å². The summed E-state index contributed by atoms with van der Waals surface area (Å²) in [5.41, 5.74) is 0. The summed E-state index contributed by atoms with van der Waals surface area (Å²) in [5, 5.41) is 0. The minimum Gasteiger partial charge on any atom is -0.345 e. The average Bonchev–Trinajstić information content (AvgIpc) is 2.99. The first-order valence-electron chi connectivity index (χ1n) is 5.68. The van der Waals surface area contributed by atoms with E-state index in [1.54, 1.807) is 0 Å². The summed E-state index contributed by atoms with van der Waals surface area (Å²) in [6.45, 7) is 1.20. The molecule has 1 heterocycles. The lowest BCUT2D eigenvalue weighted by Crippen LogP contribution is -2.48. The molecule has 4 rings (SSSR count). The van der Waals surface area contributed by atoms with Crippen LogP contribution in [0.25, 0.3) is 0 Å². The molecule has 5 heteroatoms. The second-order valence-electron chi connectivity index (χ2n) is 4.95. The Morgan fingerprint density at radius 2 is 2.00 bits per heavy atom. The van der Waals surface area contributed by atoms with Crippen molar-refractivity contribution >= 4 is 37.6 Å². The summed E-state index contributed by atoms with van der Waals surface area (Å²) >= 11 is 7.12. The number of ether oxygens (including phenoxy) is 2. The molecule has 0 amide bonds. The highest BCUT2D eigenvalue weighted by molar-refractivity contribution is 9.12. The maximum Gasteiger partial charge on any atom is 0.195 e. The first-order chi connectivity index (χ1) is 8.10. The van der Waals surface area contributed by atoms with Crippen LogP contribution >= 0.6 is 31.9 Å². The molecule has 4 atom stereocenters. The Morgan fingerprint density at radius 1 is 1.29 bits per heavy atom. The maximum absolute atomic E-state index is 12.2. The van der Waals surface area contributed by atoms with E-state index in [-0.39, 0.29) is 23.5 Å². The van der Waals surface area contributed by atoms with Crippen LogP contribution in [0, 0.1) is 17.8 Å². The van der Waals surface area contributed by atoms with Crippen LogP contribution in [-0.2, 0) is 14.3 Å². The molecule has 3 aliphatic carbocycles. The predicted molar refractivity (Wildman–Crippen MR) is 67.9 cm³/mol.